The first kappa shape index (κ1) is 9.02. The standard InChI is InChI=1S/C10H19F/c1-2-3-4-9-5-7-10(11)8-6-9/h9-10H,2-8H2,1H3. The average Bonchev–Trinajstić information content (AvgIpc) is 2.04. The van der Waals surface area contributed by atoms with Gasteiger partial charge in [0.15, 0.2) is 0 Å². The largest absolute Gasteiger partial charge is 0.247 e. The van der Waals surface area contributed by atoms with Crippen molar-refractivity contribution in [1.82, 2.24) is 0 Å². The topological polar surface area (TPSA) is 0 Å². The van der Waals surface area contributed by atoms with E-state index in [9.17, 15) is 4.39 Å². The van der Waals surface area contributed by atoms with Gasteiger partial charge >= 0.3 is 0 Å². The van der Waals surface area contributed by atoms with Crippen molar-refractivity contribution in [2.24, 2.45) is 5.92 Å². The minimum atomic E-state index is -0.479. The maximum absolute atomic E-state index is 12.7. The number of hydrogen-bond donors (Lipinski definition) is 0. The minimum Gasteiger partial charge on any atom is -0.247 e. The first-order valence-electron chi connectivity index (χ1n) is 4.97. The van der Waals surface area contributed by atoms with E-state index < -0.39 is 6.17 Å². The second-order valence-electron chi connectivity index (χ2n) is 3.76. The highest BCUT2D eigenvalue weighted by Gasteiger charge is 2.19. The van der Waals surface area contributed by atoms with Gasteiger partial charge in [0.05, 0.1) is 0 Å². The van der Waals surface area contributed by atoms with Crippen molar-refractivity contribution < 1.29 is 4.39 Å². The fourth-order valence-corrected chi connectivity index (χ4v) is 1.90. The summed E-state index contributed by atoms with van der Waals surface area (Å²) in [7, 11) is 0. The lowest BCUT2D eigenvalue weighted by Crippen LogP contribution is -2.14. The van der Waals surface area contributed by atoms with Crippen LogP contribution in [0.25, 0.3) is 0 Å². The van der Waals surface area contributed by atoms with E-state index in [2.05, 4.69) is 6.92 Å². The van der Waals surface area contributed by atoms with Crippen molar-refractivity contribution in [3.05, 3.63) is 0 Å². The van der Waals surface area contributed by atoms with Gasteiger partial charge in [-0.25, -0.2) is 4.39 Å². The molecule has 0 amide bonds. The van der Waals surface area contributed by atoms with Crippen molar-refractivity contribution in [2.45, 2.75) is 58.0 Å². The van der Waals surface area contributed by atoms with Crippen LogP contribution < -0.4 is 0 Å². The Balaban J connectivity index is 2.07. The number of rotatable bonds is 3. The molecule has 0 aliphatic heterocycles. The molecule has 1 aliphatic rings. The van der Waals surface area contributed by atoms with Crippen LogP contribution in [0.4, 0.5) is 4.39 Å². The summed E-state index contributed by atoms with van der Waals surface area (Å²) in [5.74, 6) is 0.849. The molecule has 1 heteroatoms. The van der Waals surface area contributed by atoms with E-state index >= 15 is 0 Å². The predicted molar refractivity (Wildman–Crippen MR) is 46.4 cm³/mol. The lowest BCUT2D eigenvalue weighted by atomic mass is 9.85. The molecule has 11 heavy (non-hydrogen) atoms. The van der Waals surface area contributed by atoms with Crippen LogP contribution in [0.3, 0.4) is 0 Å². The van der Waals surface area contributed by atoms with Gasteiger partial charge in [0.25, 0.3) is 0 Å². The lowest BCUT2D eigenvalue weighted by Gasteiger charge is -2.23. The van der Waals surface area contributed by atoms with E-state index in [1.807, 2.05) is 0 Å². The molecule has 1 saturated carbocycles. The highest BCUT2D eigenvalue weighted by Crippen LogP contribution is 2.29. The molecule has 0 spiro atoms. The van der Waals surface area contributed by atoms with E-state index in [0.717, 1.165) is 31.6 Å². The van der Waals surface area contributed by atoms with Crippen LogP contribution in [-0.4, -0.2) is 6.17 Å². The normalized spacial score (nSPS) is 32.2. The van der Waals surface area contributed by atoms with Gasteiger partial charge in [0.1, 0.15) is 6.17 Å². The van der Waals surface area contributed by atoms with Crippen LogP contribution in [0.5, 0.6) is 0 Å². The predicted octanol–water partition coefficient (Wildman–Crippen LogP) is 3.70. The summed E-state index contributed by atoms with van der Waals surface area (Å²) >= 11 is 0. The Morgan fingerprint density at radius 1 is 1.18 bits per heavy atom. The Morgan fingerprint density at radius 3 is 2.36 bits per heavy atom. The molecule has 0 aromatic carbocycles. The molecule has 0 unspecified atom stereocenters. The van der Waals surface area contributed by atoms with E-state index in [1.54, 1.807) is 0 Å². The average molecular weight is 158 g/mol. The number of alkyl halides is 1. The molecule has 1 aliphatic carbocycles. The van der Waals surface area contributed by atoms with Crippen molar-refractivity contribution in [2.75, 3.05) is 0 Å². The Hall–Kier alpha value is -0.0700. The fraction of sp³-hybridized carbons (Fsp3) is 1.00. The Bertz CT molecular complexity index is 90.3. The Kier molecular flexibility index (Phi) is 3.88. The molecule has 0 N–H and O–H groups in total. The summed E-state index contributed by atoms with van der Waals surface area (Å²) in [6.45, 7) is 2.22. The fourth-order valence-electron chi connectivity index (χ4n) is 1.90. The maximum atomic E-state index is 12.7. The smallest absolute Gasteiger partial charge is 0.100 e. The molecule has 0 saturated heterocycles. The molecule has 0 aromatic rings. The second-order valence-corrected chi connectivity index (χ2v) is 3.76. The molecule has 0 aromatic heterocycles. The third-order valence-corrected chi connectivity index (χ3v) is 2.74. The SMILES string of the molecule is CCCCC1CCC(F)CC1. The van der Waals surface area contributed by atoms with Crippen LogP contribution in [0.1, 0.15) is 51.9 Å². The molecule has 1 rings (SSSR count). The van der Waals surface area contributed by atoms with E-state index in [1.165, 1.54) is 19.3 Å². The van der Waals surface area contributed by atoms with Gasteiger partial charge in [-0.05, 0) is 31.6 Å². The number of hydrogen-bond acceptors (Lipinski definition) is 0. The molecule has 1 fully saturated rings. The van der Waals surface area contributed by atoms with Crippen LogP contribution in [0, 0.1) is 5.92 Å². The van der Waals surface area contributed by atoms with Gasteiger partial charge in [-0.3, -0.25) is 0 Å². The monoisotopic (exact) mass is 158 g/mol. The van der Waals surface area contributed by atoms with Crippen molar-refractivity contribution in [1.29, 1.82) is 0 Å². The van der Waals surface area contributed by atoms with Gasteiger partial charge in [-0.2, -0.15) is 0 Å². The Morgan fingerprint density at radius 2 is 1.82 bits per heavy atom. The van der Waals surface area contributed by atoms with Gasteiger partial charge < -0.3 is 0 Å². The molecular formula is C10H19F. The van der Waals surface area contributed by atoms with E-state index in [0.29, 0.717) is 0 Å². The summed E-state index contributed by atoms with van der Waals surface area (Å²) in [5.41, 5.74) is 0. The van der Waals surface area contributed by atoms with E-state index in [-0.39, 0.29) is 0 Å². The third-order valence-electron chi connectivity index (χ3n) is 2.74. The summed E-state index contributed by atoms with van der Waals surface area (Å²) in [6.07, 6.45) is 7.42. The molecule has 0 nitrogen and oxygen atoms in total. The Labute approximate surface area is 69.2 Å². The molecule has 0 radical (unpaired) electrons. The first-order valence-corrected chi connectivity index (χ1v) is 4.97. The molecule has 0 heterocycles. The number of halogens is 1. The van der Waals surface area contributed by atoms with Gasteiger partial charge in [-0.15, -0.1) is 0 Å². The van der Waals surface area contributed by atoms with Crippen LogP contribution in [0.15, 0.2) is 0 Å². The van der Waals surface area contributed by atoms with Gasteiger partial charge in [0, 0.05) is 0 Å². The van der Waals surface area contributed by atoms with Crippen LogP contribution >= 0.6 is 0 Å². The summed E-state index contributed by atoms with van der Waals surface area (Å²) in [4.78, 5) is 0. The molecule has 0 atom stereocenters. The van der Waals surface area contributed by atoms with E-state index in [4.69, 9.17) is 0 Å². The highest BCUT2D eigenvalue weighted by atomic mass is 19.1. The number of unbranched alkanes of at least 4 members (excludes halogenated alkanes) is 1. The highest BCUT2D eigenvalue weighted by molar-refractivity contribution is 4.71. The van der Waals surface area contributed by atoms with Gasteiger partial charge in [-0.1, -0.05) is 26.2 Å². The first-order chi connectivity index (χ1) is 5.33. The van der Waals surface area contributed by atoms with Crippen molar-refractivity contribution in [3.8, 4) is 0 Å². The molecule has 0 bridgehead atoms. The van der Waals surface area contributed by atoms with Crippen molar-refractivity contribution >= 4 is 0 Å². The second kappa shape index (κ2) is 4.74. The van der Waals surface area contributed by atoms with Gasteiger partial charge in [0.2, 0.25) is 0 Å². The summed E-state index contributed by atoms with van der Waals surface area (Å²) in [6, 6.07) is 0. The summed E-state index contributed by atoms with van der Waals surface area (Å²) < 4.78 is 12.7. The zero-order valence-electron chi connectivity index (χ0n) is 7.48. The molecule has 66 valence electrons. The minimum absolute atomic E-state index is 0.479. The van der Waals surface area contributed by atoms with Crippen LogP contribution in [-0.2, 0) is 0 Å². The lowest BCUT2D eigenvalue weighted by molar-refractivity contribution is 0.199. The maximum Gasteiger partial charge on any atom is 0.100 e. The zero-order chi connectivity index (χ0) is 8.10. The molecular weight excluding hydrogens is 139 g/mol. The zero-order valence-corrected chi connectivity index (χ0v) is 7.48. The van der Waals surface area contributed by atoms with Crippen LogP contribution in [0.2, 0.25) is 0 Å². The summed E-state index contributed by atoms with van der Waals surface area (Å²) in [5, 5.41) is 0. The quantitative estimate of drug-likeness (QED) is 0.587. The third kappa shape index (κ3) is 3.22. The van der Waals surface area contributed by atoms with Crippen molar-refractivity contribution in [3.63, 3.8) is 0 Å².